The molecular weight excluding hydrogens is 336 g/mol. The summed E-state index contributed by atoms with van der Waals surface area (Å²) in [4.78, 5) is 11.8. The first-order valence-corrected chi connectivity index (χ1v) is 7.40. The lowest BCUT2D eigenvalue weighted by atomic mass is 10.2. The number of rotatable bonds is 6. The van der Waals surface area contributed by atoms with Gasteiger partial charge in [-0.2, -0.15) is 5.10 Å². The minimum atomic E-state index is -0.414. The number of hydrogen-bond acceptors (Lipinski definition) is 4. The van der Waals surface area contributed by atoms with Crippen molar-refractivity contribution >= 4 is 21.9 Å². The summed E-state index contributed by atoms with van der Waals surface area (Å²) in [7, 11) is 1.61. The van der Waals surface area contributed by atoms with Crippen molar-refractivity contribution in [3.8, 4) is 0 Å². The predicted octanol–water partition coefficient (Wildman–Crippen LogP) is 3.02. The van der Waals surface area contributed by atoms with Gasteiger partial charge < -0.3 is 9.47 Å². The number of ether oxygens (including phenoxy) is 2. The quantitative estimate of drug-likeness (QED) is 0.750. The second kappa shape index (κ2) is 7.38. The van der Waals surface area contributed by atoms with Crippen LogP contribution in [-0.4, -0.2) is 29.5 Å². The molecule has 2 rings (SSSR count). The first-order chi connectivity index (χ1) is 10.1. The average molecular weight is 353 g/mol. The van der Waals surface area contributed by atoms with Gasteiger partial charge in [-0.3, -0.25) is 4.68 Å². The highest BCUT2D eigenvalue weighted by Crippen LogP contribution is 2.15. The molecule has 1 aromatic heterocycles. The molecule has 2 aromatic rings. The molecule has 0 saturated carbocycles. The number of aromatic nitrogens is 2. The van der Waals surface area contributed by atoms with E-state index in [9.17, 15) is 4.79 Å². The van der Waals surface area contributed by atoms with Crippen LogP contribution in [-0.2, 0) is 22.6 Å². The van der Waals surface area contributed by atoms with Gasteiger partial charge in [0.05, 0.1) is 25.5 Å². The molecule has 0 amide bonds. The summed E-state index contributed by atoms with van der Waals surface area (Å²) in [6.07, 6.45) is 0. The zero-order valence-corrected chi connectivity index (χ0v) is 13.6. The summed E-state index contributed by atoms with van der Waals surface area (Å²) < 4.78 is 12.9. The first-order valence-electron chi connectivity index (χ1n) is 6.61. The Hall–Kier alpha value is -1.66. The summed E-state index contributed by atoms with van der Waals surface area (Å²) in [5, 5.41) is 4.32. The SMILES string of the molecule is CCOC(=O)c1cc(COC)n(Cc2cccc(Br)c2)n1. The largest absolute Gasteiger partial charge is 0.461 e. The van der Waals surface area contributed by atoms with Gasteiger partial charge in [-0.15, -0.1) is 0 Å². The Morgan fingerprint density at radius 3 is 2.86 bits per heavy atom. The Balaban J connectivity index is 2.26. The van der Waals surface area contributed by atoms with Crippen LogP contribution in [0.25, 0.3) is 0 Å². The maximum atomic E-state index is 11.8. The van der Waals surface area contributed by atoms with Crippen LogP contribution in [0.4, 0.5) is 0 Å². The molecule has 6 heteroatoms. The van der Waals surface area contributed by atoms with E-state index in [1.807, 2.05) is 24.3 Å². The molecule has 0 atom stereocenters. The van der Waals surface area contributed by atoms with Gasteiger partial charge in [-0.05, 0) is 30.7 Å². The van der Waals surface area contributed by atoms with Crippen molar-refractivity contribution in [2.45, 2.75) is 20.1 Å². The molecule has 1 heterocycles. The van der Waals surface area contributed by atoms with Gasteiger partial charge in [0.15, 0.2) is 5.69 Å². The zero-order chi connectivity index (χ0) is 15.2. The molecule has 0 radical (unpaired) electrons. The number of methoxy groups -OCH3 is 1. The highest BCUT2D eigenvalue weighted by atomic mass is 79.9. The normalized spacial score (nSPS) is 10.6. The van der Waals surface area contributed by atoms with Gasteiger partial charge >= 0.3 is 5.97 Å². The summed E-state index contributed by atoms with van der Waals surface area (Å²) in [6.45, 7) is 3.06. The molecule has 0 N–H and O–H groups in total. The highest BCUT2D eigenvalue weighted by molar-refractivity contribution is 9.10. The smallest absolute Gasteiger partial charge is 0.358 e. The van der Waals surface area contributed by atoms with Gasteiger partial charge in [0.2, 0.25) is 0 Å². The summed E-state index contributed by atoms with van der Waals surface area (Å²) in [5.41, 5.74) is 2.22. The van der Waals surface area contributed by atoms with Gasteiger partial charge in [-0.1, -0.05) is 28.1 Å². The number of benzene rings is 1. The van der Waals surface area contributed by atoms with Gasteiger partial charge in [0.25, 0.3) is 0 Å². The lowest BCUT2D eigenvalue weighted by Crippen LogP contribution is -2.09. The molecule has 112 valence electrons. The lowest BCUT2D eigenvalue weighted by molar-refractivity contribution is 0.0518. The number of halogens is 1. The van der Waals surface area contributed by atoms with Crippen LogP contribution in [0, 0.1) is 0 Å². The zero-order valence-electron chi connectivity index (χ0n) is 12.0. The van der Waals surface area contributed by atoms with Crippen molar-refractivity contribution in [2.24, 2.45) is 0 Å². The van der Waals surface area contributed by atoms with Crippen molar-refractivity contribution in [3.63, 3.8) is 0 Å². The third-order valence-electron chi connectivity index (χ3n) is 2.86. The minimum Gasteiger partial charge on any atom is -0.461 e. The topological polar surface area (TPSA) is 53.4 Å². The monoisotopic (exact) mass is 352 g/mol. The van der Waals surface area contributed by atoms with Crippen LogP contribution >= 0.6 is 15.9 Å². The van der Waals surface area contributed by atoms with Crippen molar-refractivity contribution < 1.29 is 14.3 Å². The maximum Gasteiger partial charge on any atom is 0.358 e. The van der Waals surface area contributed by atoms with Crippen molar-refractivity contribution in [1.29, 1.82) is 0 Å². The number of carbonyl (C=O) groups excluding carboxylic acids is 1. The van der Waals surface area contributed by atoms with E-state index in [0.717, 1.165) is 15.7 Å². The maximum absolute atomic E-state index is 11.8. The predicted molar refractivity (Wildman–Crippen MR) is 82.1 cm³/mol. The van der Waals surface area contributed by atoms with Crippen LogP contribution < -0.4 is 0 Å². The molecule has 0 fully saturated rings. The standard InChI is InChI=1S/C15H17BrN2O3/c1-3-21-15(19)14-8-13(10-20-2)18(17-14)9-11-5-4-6-12(16)7-11/h4-8H,3,9-10H2,1-2H3. The second-order valence-corrected chi connectivity index (χ2v) is 5.38. The van der Waals surface area contributed by atoms with E-state index in [2.05, 4.69) is 21.0 Å². The van der Waals surface area contributed by atoms with Gasteiger partial charge in [0, 0.05) is 11.6 Å². The molecule has 21 heavy (non-hydrogen) atoms. The Bertz CT molecular complexity index is 625. The number of nitrogens with zero attached hydrogens (tertiary/aromatic N) is 2. The Morgan fingerprint density at radius 2 is 2.19 bits per heavy atom. The number of carbonyl (C=O) groups is 1. The molecule has 0 saturated heterocycles. The number of esters is 1. The van der Waals surface area contributed by atoms with Crippen LogP contribution in [0.15, 0.2) is 34.8 Å². The van der Waals surface area contributed by atoms with Crippen LogP contribution in [0.3, 0.4) is 0 Å². The molecular formula is C15H17BrN2O3. The number of hydrogen-bond donors (Lipinski definition) is 0. The van der Waals surface area contributed by atoms with Crippen LogP contribution in [0.1, 0.15) is 28.7 Å². The van der Waals surface area contributed by atoms with E-state index in [4.69, 9.17) is 9.47 Å². The summed E-state index contributed by atoms with van der Waals surface area (Å²) in [6, 6.07) is 9.66. The molecule has 0 unspecified atom stereocenters. The lowest BCUT2D eigenvalue weighted by Gasteiger charge is -2.07. The molecule has 0 aliphatic carbocycles. The fourth-order valence-electron chi connectivity index (χ4n) is 1.97. The van der Waals surface area contributed by atoms with Gasteiger partial charge in [-0.25, -0.2) is 4.79 Å². The fraction of sp³-hybridized carbons (Fsp3) is 0.333. The summed E-state index contributed by atoms with van der Waals surface area (Å²) >= 11 is 3.45. The highest BCUT2D eigenvalue weighted by Gasteiger charge is 2.15. The second-order valence-electron chi connectivity index (χ2n) is 4.46. The Kier molecular flexibility index (Phi) is 5.52. The Morgan fingerprint density at radius 1 is 1.38 bits per heavy atom. The average Bonchev–Trinajstić information content (AvgIpc) is 2.83. The third kappa shape index (κ3) is 4.15. The van der Waals surface area contributed by atoms with E-state index in [1.54, 1.807) is 24.8 Å². The summed E-state index contributed by atoms with van der Waals surface area (Å²) in [5.74, 6) is -0.414. The van der Waals surface area contributed by atoms with Crippen LogP contribution in [0.2, 0.25) is 0 Å². The fourth-order valence-corrected chi connectivity index (χ4v) is 2.42. The third-order valence-corrected chi connectivity index (χ3v) is 3.35. The van der Waals surface area contributed by atoms with Crippen molar-refractivity contribution in [2.75, 3.05) is 13.7 Å². The van der Waals surface area contributed by atoms with E-state index in [0.29, 0.717) is 25.5 Å². The van der Waals surface area contributed by atoms with Crippen molar-refractivity contribution in [1.82, 2.24) is 9.78 Å². The molecule has 0 aliphatic heterocycles. The van der Waals surface area contributed by atoms with Gasteiger partial charge in [0.1, 0.15) is 0 Å². The van der Waals surface area contributed by atoms with E-state index >= 15 is 0 Å². The van der Waals surface area contributed by atoms with E-state index < -0.39 is 5.97 Å². The molecule has 0 spiro atoms. The van der Waals surface area contributed by atoms with E-state index in [-0.39, 0.29) is 0 Å². The Labute approximate surface area is 132 Å². The minimum absolute atomic E-state index is 0.305. The van der Waals surface area contributed by atoms with Crippen LogP contribution in [0.5, 0.6) is 0 Å². The molecule has 0 aliphatic rings. The molecule has 1 aromatic carbocycles. The molecule has 0 bridgehead atoms. The first kappa shape index (κ1) is 15.7. The molecule has 5 nitrogen and oxygen atoms in total. The van der Waals surface area contributed by atoms with E-state index in [1.165, 1.54) is 0 Å². The van der Waals surface area contributed by atoms with Crippen molar-refractivity contribution in [3.05, 3.63) is 51.8 Å².